The molecule has 5 nitrogen and oxygen atoms in total. The summed E-state index contributed by atoms with van der Waals surface area (Å²) in [6.07, 6.45) is 0. The number of nitrogens with one attached hydrogen (secondary N) is 2. The van der Waals surface area contributed by atoms with E-state index in [0.29, 0.717) is 5.69 Å². The Bertz CT molecular complexity index is 677. The molecule has 0 bridgehead atoms. The second-order valence-electron chi connectivity index (χ2n) is 4.16. The molecule has 1 heterocycles. The second kappa shape index (κ2) is 6.17. The number of benzene rings is 1. The molecule has 0 atom stereocenters. The highest BCUT2D eigenvalue weighted by Gasteiger charge is 2.13. The average Bonchev–Trinajstić information content (AvgIpc) is 2.89. The molecule has 2 N–H and O–H groups in total. The van der Waals surface area contributed by atoms with Crippen LogP contribution in [0.25, 0.3) is 0 Å². The lowest BCUT2D eigenvalue weighted by Gasteiger charge is -2.07. The molecule has 20 heavy (non-hydrogen) atoms. The molecule has 0 aliphatic rings. The molecule has 0 aliphatic heterocycles. The fourth-order valence-corrected chi connectivity index (χ4v) is 3.26. The van der Waals surface area contributed by atoms with Gasteiger partial charge in [-0.3, -0.25) is 4.79 Å². The highest BCUT2D eigenvalue weighted by Crippen LogP contribution is 2.15. The fraction of sp³-hybridized carbons (Fsp3) is 0.154. The zero-order valence-corrected chi connectivity index (χ0v) is 12.4. The molecule has 2 aromatic rings. The number of carbonyl (C=O) groups excluding carboxylic acids is 1. The van der Waals surface area contributed by atoms with Gasteiger partial charge >= 0.3 is 0 Å². The van der Waals surface area contributed by atoms with Crippen LogP contribution < -0.4 is 10.0 Å². The van der Waals surface area contributed by atoms with Crippen molar-refractivity contribution < 1.29 is 13.2 Å². The first kappa shape index (κ1) is 14.7. The monoisotopic (exact) mass is 310 g/mol. The summed E-state index contributed by atoms with van der Waals surface area (Å²) in [7, 11) is -3.54. The summed E-state index contributed by atoms with van der Waals surface area (Å²) in [5.41, 5.74) is 1.49. The summed E-state index contributed by atoms with van der Waals surface area (Å²) < 4.78 is 26.7. The van der Waals surface area contributed by atoms with Crippen LogP contribution in [0.3, 0.4) is 0 Å². The van der Waals surface area contributed by atoms with Crippen LogP contribution in [-0.2, 0) is 21.4 Å². The fourth-order valence-electron chi connectivity index (χ4n) is 1.58. The van der Waals surface area contributed by atoms with Crippen LogP contribution in [0.15, 0.2) is 46.0 Å². The van der Waals surface area contributed by atoms with Gasteiger partial charge in [-0.05, 0) is 46.7 Å². The maximum absolute atomic E-state index is 12.1. The van der Waals surface area contributed by atoms with E-state index in [2.05, 4.69) is 10.0 Å². The van der Waals surface area contributed by atoms with Crippen LogP contribution in [0.4, 0.5) is 5.69 Å². The Morgan fingerprint density at radius 1 is 1.20 bits per heavy atom. The number of amides is 1. The third-order valence-corrected chi connectivity index (χ3v) is 4.68. The molecule has 0 fully saturated rings. The SMILES string of the molecule is CC(=O)Nc1ccc(S(=O)(=O)NCc2ccsc2)cc1. The van der Waals surface area contributed by atoms with Gasteiger partial charge < -0.3 is 5.32 Å². The summed E-state index contributed by atoms with van der Waals surface area (Å²) >= 11 is 1.52. The first-order valence-corrected chi connectivity index (χ1v) is 8.28. The number of sulfonamides is 1. The van der Waals surface area contributed by atoms with E-state index in [4.69, 9.17) is 0 Å². The smallest absolute Gasteiger partial charge is 0.240 e. The predicted molar refractivity (Wildman–Crippen MR) is 79.1 cm³/mol. The summed E-state index contributed by atoms with van der Waals surface area (Å²) in [6.45, 7) is 1.66. The second-order valence-corrected chi connectivity index (χ2v) is 6.71. The van der Waals surface area contributed by atoms with Crippen LogP contribution in [-0.4, -0.2) is 14.3 Å². The summed E-state index contributed by atoms with van der Waals surface area (Å²) in [5, 5.41) is 6.37. The minimum Gasteiger partial charge on any atom is -0.326 e. The lowest BCUT2D eigenvalue weighted by atomic mass is 10.3. The molecule has 2 rings (SSSR count). The topological polar surface area (TPSA) is 75.3 Å². The standard InChI is InChI=1S/C13H14N2O3S2/c1-10(16)15-12-2-4-13(5-3-12)20(17,18)14-8-11-6-7-19-9-11/h2-7,9,14H,8H2,1H3,(H,15,16). The lowest BCUT2D eigenvalue weighted by Crippen LogP contribution is -2.23. The maximum atomic E-state index is 12.1. The van der Waals surface area contributed by atoms with E-state index in [0.717, 1.165) is 5.56 Å². The number of thiophene rings is 1. The van der Waals surface area contributed by atoms with Gasteiger partial charge in [0.2, 0.25) is 15.9 Å². The zero-order chi connectivity index (χ0) is 14.6. The van der Waals surface area contributed by atoms with Crippen LogP contribution >= 0.6 is 11.3 Å². The van der Waals surface area contributed by atoms with Crippen molar-refractivity contribution in [1.29, 1.82) is 0 Å². The van der Waals surface area contributed by atoms with Crippen molar-refractivity contribution in [3.63, 3.8) is 0 Å². The highest BCUT2D eigenvalue weighted by molar-refractivity contribution is 7.89. The molecule has 0 spiro atoms. The molecule has 0 aliphatic carbocycles. The van der Waals surface area contributed by atoms with Crippen LogP contribution in [0.5, 0.6) is 0 Å². The Morgan fingerprint density at radius 3 is 2.45 bits per heavy atom. The summed E-state index contributed by atoms with van der Waals surface area (Å²) in [4.78, 5) is 11.1. The largest absolute Gasteiger partial charge is 0.326 e. The first-order valence-electron chi connectivity index (χ1n) is 5.86. The van der Waals surface area contributed by atoms with E-state index in [-0.39, 0.29) is 17.3 Å². The molecular weight excluding hydrogens is 296 g/mol. The van der Waals surface area contributed by atoms with E-state index >= 15 is 0 Å². The predicted octanol–water partition coefficient (Wildman–Crippen LogP) is 2.19. The highest BCUT2D eigenvalue weighted by atomic mass is 32.2. The Hall–Kier alpha value is -1.70. The van der Waals surface area contributed by atoms with E-state index in [1.165, 1.54) is 30.4 Å². The van der Waals surface area contributed by atoms with Gasteiger partial charge in [0.1, 0.15) is 0 Å². The van der Waals surface area contributed by atoms with Crippen molar-refractivity contribution in [3.05, 3.63) is 46.7 Å². The Morgan fingerprint density at radius 2 is 1.90 bits per heavy atom. The zero-order valence-electron chi connectivity index (χ0n) is 10.8. The molecule has 106 valence electrons. The van der Waals surface area contributed by atoms with E-state index < -0.39 is 10.0 Å². The molecule has 0 radical (unpaired) electrons. The summed E-state index contributed by atoms with van der Waals surface area (Å²) in [5.74, 6) is -0.198. The van der Waals surface area contributed by atoms with Crippen molar-refractivity contribution in [2.24, 2.45) is 0 Å². The lowest BCUT2D eigenvalue weighted by molar-refractivity contribution is -0.114. The Kier molecular flexibility index (Phi) is 4.53. The number of hydrogen-bond acceptors (Lipinski definition) is 4. The van der Waals surface area contributed by atoms with Gasteiger partial charge in [0.05, 0.1) is 4.90 Å². The molecule has 1 aromatic heterocycles. The maximum Gasteiger partial charge on any atom is 0.240 e. The minimum atomic E-state index is -3.54. The van der Waals surface area contributed by atoms with E-state index in [9.17, 15) is 13.2 Å². The van der Waals surface area contributed by atoms with Crippen molar-refractivity contribution in [2.75, 3.05) is 5.32 Å². The Labute approximate surface area is 121 Å². The van der Waals surface area contributed by atoms with Crippen LogP contribution in [0, 0.1) is 0 Å². The number of carbonyl (C=O) groups is 1. The molecule has 7 heteroatoms. The third kappa shape index (κ3) is 3.89. The van der Waals surface area contributed by atoms with Crippen molar-refractivity contribution in [2.45, 2.75) is 18.4 Å². The van der Waals surface area contributed by atoms with Gasteiger partial charge in [-0.2, -0.15) is 11.3 Å². The van der Waals surface area contributed by atoms with Gasteiger partial charge in [-0.25, -0.2) is 13.1 Å². The number of anilines is 1. The molecule has 1 amide bonds. The molecule has 0 saturated carbocycles. The summed E-state index contributed by atoms with van der Waals surface area (Å²) in [6, 6.07) is 7.90. The van der Waals surface area contributed by atoms with Gasteiger partial charge in [-0.15, -0.1) is 0 Å². The van der Waals surface area contributed by atoms with Crippen molar-refractivity contribution in [3.8, 4) is 0 Å². The molecule has 0 saturated heterocycles. The van der Waals surface area contributed by atoms with Gasteiger partial charge in [0, 0.05) is 19.2 Å². The van der Waals surface area contributed by atoms with Gasteiger partial charge in [-0.1, -0.05) is 0 Å². The quantitative estimate of drug-likeness (QED) is 0.889. The van der Waals surface area contributed by atoms with Crippen molar-refractivity contribution >= 4 is 33.0 Å². The minimum absolute atomic E-state index is 0.168. The third-order valence-electron chi connectivity index (χ3n) is 2.53. The van der Waals surface area contributed by atoms with Crippen LogP contribution in [0.1, 0.15) is 12.5 Å². The van der Waals surface area contributed by atoms with Crippen molar-refractivity contribution in [1.82, 2.24) is 4.72 Å². The van der Waals surface area contributed by atoms with Gasteiger partial charge in [0.15, 0.2) is 0 Å². The normalized spacial score (nSPS) is 11.2. The van der Waals surface area contributed by atoms with E-state index in [1.807, 2.05) is 16.8 Å². The van der Waals surface area contributed by atoms with E-state index in [1.54, 1.807) is 12.1 Å². The number of rotatable bonds is 5. The molecule has 0 unspecified atom stereocenters. The average molecular weight is 310 g/mol. The Balaban J connectivity index is 2.07. The van der Waals surface area contributed by atoms with Gasteiger partial charge in [0.25, 0.3) is 0 Å². The number of hydrogen-bond donors (Lipinski definition) is 2. The molecule has 1 aromatic carbocycles. The van der Waals surface area contributed by atoms with Crippen LogP contribution in [0.2, 0.25) is 0 Å². The first-order chi connectivity index (χ1) is 9.47. The molecular formula is C13H14N2O3S2.